The van der Waals surface area contributed by atoms with E-state index in [9.17, 15) is 4.79 Å². The Bertz CT molecular complexity index is 697. The Morgan fingerprint density at radius 3 is 2.92 bits per heavy atom. The van der Waals surface area contributed by atoms with Gasteiger partial charge in [0.25, 0.3) is 0 Å². The number of carbonyl (C=O) groups is 1. The van der Waals surface area contributed by atoms with Crippen LogP contribution in [0.5, 0.6) is 0 Å². The van der Waals surface area contributed by atoms with E-state index in [1.54, 1.807) is 19.5 Å². The second-order valence-corrected chi connectivity index (χ2v) is 6.63. The molecule has 2 aromatic rings. The van der Waals surface area contributed by atoms with Gasteiger partial charge in [0.05, 0.1) is 18.4 Å². The van der Waals surface area contributed by atoms with E-state index in [0.717, 1.165) is 44.3 Å². The largest absolute Gasteiger partial charge is 0.472 e. The van der Waals surface area contributed by atoms with Crippen molar-refractivity contribution in [2.24, 2.45) is 0 Å². The average Bonchev–Trinajstić information content (AvgIpc) is 3.35. The van der Waals surface area contributed by atoms with Crippen molar-refractivity contribution in [3.63, 3.8) is 0 Å². The lowest BCUT2D eigenvalue weighted by Crippen LogP contribution is -2.47. The third-order valence-corrected chi connectivity index (χ3v) is 5.15. The van der Waals surface area contributed by atoms with E-state index in [1.165, 1.54) is 0 Å². The number of aromatic nitrogens is 2. The van der Waals surface area contributed by atoms with E-state index in [4.69, 9.17) is 8.94 Å². The summed E-state index contributed by atoms with van der Waals surface area (Å²) in [4.78, 5) is 20.8. The highest BCUT2D eigenvalue weighted by Crippen LogP contribution is 2.31. The minimum absolute atomic E-state index is 0.185. The summed E-state index contributed by atoms with van der Waals surface area (Å²) < 4.78 is 10.5. The first-order chi connectivity index (χ1) is 11.7. The van der Waals surface area contributed by atoms with Crippen molar-refractivity contribution in [1.29, 1.82) is 0 Å². The molecule has 1 amide bonds. The van der Waals surface area contributed by atoms with Crippen LogP contribution in [0, 0.1) is 0 Å². The van der Waals surface area contributed by atoms with Crippen LogP contribution in [-0.2, 0) is 11.3 Å². The van der Waals surface area contributed by atoms with Crippen molar-refractivity contribution in [3.05, 3.63) is 24.5 Å². The van der Waals surface area contributed by atoms with Crippen molar-refractivity contribution in [2.45, 2.75) is 51.2 Å². The van der Waals surface area contributed by atoms with Gasteiger partial charge in [0.1, 0.15) is 6.26 Å². The Labute approximate surface area is 140 Å². The molecule has 0 saturated carbocycles. The fourth-order valence-corrected chi connectivity index (χ4v) is 4.07. The van der Waals surface area contributed by atoms with E-state index in [-0.39, 0.29) is 5.91 Å². The number of likely N-dealkylation sites (tertiary alicyclic amines) is 2. The molecule has 4 rings (SSSR count). The molecule has 0 bridgehead atoms. The molecule has 2 atom stereocenters. The van der Waals surface area contributed by atoms with E-state index in [1.807, 2.05) is 11.0 Å². The number of carbonyl (C=O) groups excluding carboxylic acids is 1. The second-order valence-electron chi connectivity index (χ2n) is 6.63. The van der Waals surface area contributed by atoms with Crippen LogP contribution in [0.2, 0.25) is 0 Å². The zero-order valence-corrected chi connectivity index (χ0v) is 13.9. The fourth-order valence-electron chi connectivity index (χ4n) is 4.07. The normalized spacial score (nSPS) is 24.8. The van der Waals surface area contributed by atoms with E-state index in [0.29, 0.717) is 30.3 Å². The highest BCUT2D eigenvalue weighted by Gasteiger charge is 2.39. The number of hydrogen-bond donors (Lipinski definition) is 0. The molecule has 0 unspecified atom stereocenters. The van der Waals surface area contributed by atoms with Crippen LogP contribution in [0.15, 0.2) is 27.5 Å². The predicted molar refractivity (Wildman–Crippen MR) is 85.8 cm³/mol. The molecular weight excluding hydrogens is 308 g/mol. The Morgan fingerprint density at radius 2 is 2.12 bits per heavy atom. The van der Waals surface area contributed by atoms with Gasteiger partial charge in [-0.15, -0.1) is 0 Å². The van der Waals surface area contributed by atoms with Gasteiger partial charge in [-0.1, -0.05) is 5.16 Å². The molecule has 2 aromatic heterocycles. The summed E-state index contributed by atoms with van der Waals surface area (Å²) in [6, 6.07) is 2.53. The van der Waals surface area contributed by atoms with E-state index in [2.05, 4.69) is 15.0 Å². The van der Waals surface area contributed by atoms with Crippen LogP contribution in [0.3, 0.4) is 0 Å². The molecule has 0 radical (unpaired) electrons. The highest BCUT2D eigenvalue weighted by atomic mass is 16.5. The SMILES string of the molecule is CC(=O)N1CCC[C@H]1[C@H]1CCCN1Cc1nc(-c2ccoc2)no1. The topological polar surface area (TPSA) is 75.6 Å². The maximum atomic E-state index is 11.9. The van der Waals surface area contributed by atoms with Crippen LogP contribution < -0.4 is 0 Å². The molecule has 0 aromatic carbocycles. The number of nitrogens with zero attached hydrogens (tertiary/aromatic N) is 4. The quantitative estimate of drug-likeness (QED) is 0.856. The Kier molecular flexibility index (Phi) is 4.10. The molecule has 24 heavy (non-hydrogen) atoms. The summed E-state index contributed by atoms with van der Waals surface area (Å²) in [5.41, 5.74) is 0.821. The summed E-state index contributed by atoms with van der Waals surface area (Å²) in [7, 11) is 0. The molecule has 7 heteroatoms. The van der Waals surface area contributed by atoms with E-state index < -0.39 is 0 Å². The lowest BCUT2D eigenvalue weighted by atomic mass is 10.0. The smallest absolute Gasteiger partial charge is 0.241 e. The molecular formula is C17H22N4O3. The van der Waals surface area contributed by atoms with Gasteiger partial charge >= 0.3 is 0 Å². The molecule has 128 valence electrons. The molecule has 2 saturated heterocycles. The molecule has 7 nitrogen and oxygen atoms in total. The van der Waals surface area contributed by atoms with Gasteiger partial charge in [0.15, 0.2) is 0 Å². The maximum absolute atomic E-state index is 11.9. The first-order valence-corrected chi connectivity index (χ1v) is 8.59. The van der Waals surface area contributed by atoms with Gasteiger partial charge < -0.3 is 13.8 Å². The van der Waals surface area contributed by atoms with Crippen LogP contribution in [0.1, 0.15) is 38.5 Å². The van der Waals surface area contributed by atoms with Gasteiger partial charge in [-0.25, -0.2) is 0 Å². The van der Waals surface area contributed by atoms with Gasteiger partial charge in [-0.05, 0) is 38.3 Å². The second kappa shape index (κ2) is 6.39. The minimum Gasteiger partial charge on any atom is -0.472 e. The third-order valence-electron chi connectivity index (χ3n) is 5.15. The standard InChI is InChI=1S/C17H22N4O3/c1-12(22)21-8-3-5-15(21)14-4-2-7-20(14)10-16-18-17(19-24-16)13-6-9-23-11-13/h6,9,11,14-15H,2-5,7-8,10H2,1H3/t14-,15+/m1/s1. The molecule has 0 spiro atoms. The zero-order chi connectivity index (χ0) is 16.5. The predicted octanol–water partition coefficient (Wildman–Crippen LogP) is 2.30. The van der Waals surface area contributed by atoms with Crippen molar-refractivity contribution >= 4 is 5.91 Å². The maximum Gasteiger partial charge on any atom is 0.241 e. The summed E-state index contributed by atoms with van der Waals surface area (Å²) in [6.07, 6.45) is 7.66. The Balaban J connectivity index is 1.47. The molecule has 0 aliphatic carbocycles. The molecule has 2 aliphatic rings. The van der Waals surface area contributed by atoms with E-state index >= 15 is 0 Å². The molecule has 2 aliphatic heterocycles. The molecule has 2 fully saturated rings. The minimum atomic E-state index is 0.185. The number of hydrogen-bond acceptors (Lipinski definition) is 6. The van der Waals surface area contributed by atoms with Crippen molar-refractivity contribution in [2.75, 3.05) is 13.1 Å². The van der Waals surface area contributed by atoms with Crippen LogP contribution in [0.25, 0.3) is 11.4 Å². The first-order valence-electron chi connectivity index (χ1n) is 8.59. The summed E-state index contributed by atoms with van der Waals surface area (Å²) in [6.45, 7) is 4.20. The Hall–Kier alpha value is -2.15. The highest BCUT2D eigenvalue weighted by molar-refractivity contribution is 5.74. The Morgan fingerprint density at radius 1 is 1.29 bits per heavy atom. The van der Waals surface area contributed by atoms with Crippen LogP contribution >= 0.6 is 0 Å². The first kappa shape index (κ1) is 15.4. The van der Waals surface area contributed by atoms with Crippen molar-refractivity contribution < 1.29 is 13.7 Å². The van der Waals surface area contributed by atoms with Gasteiger partial charge in [0.2, 0.25) is 17.6 Å². The fraction of sp³-hybridized carbons (Fsp3) is 0.588. The summed E-state index contributed by atoms with van der Waals surface area (Å²) in [5.74, 6) is 1.36. The van der Waals surface area contributed by atoms with Crippen LogP contribution in [-0.4, -0.2) is 51.0 Å². The van der Waals surface area contributed by atoms with Crippen molar-refractivity contribution in [1.82, 2.24) is 19.9 Å². The zero-order valence-electron chi connectivity index (χ0n) is 13.9. The van der Waals surface area contributed by atoms with Crippen molar-refractivity contribution in [3.8, 4) is 11.4 Å². The van der Waals surface area contributed by atoms with Gasteiger partial charge in [-0.3, -0.25) is 9.69 Å². The molecule has 0 N–H and O–H groups in total. The molecule has 4 heterocycles. The summed E-state index contributed by atoms with van der Waals surface area (Å²) in [5, 5.41) is 4.03. The van der Waals surface area contributed by atoms with Gasteiger partial charge in [0, 0.05) is 25.6 Å². The van der Waals surface area contributed by atoms with Gasteiger partial charge in [-0.2, -0.15) is 4.98 Å². The number of furan rings is 1. The van der Waals surface area contributed by atoms with Crippen LogP contribution in [0.4, 0.5) is 0 Å². The lowest BCUT2D eigenvalue weighted by molar-refractivity contribution is -0.130. The summed E-state index contributed by atoms with van der Waals surface area (Å²) >= 11 is 0. The number of amides is 1. The monoisotopic (exact) mass is 330 g/mol. The average molecular weight is 330 g/mol. The number of rotatable bonds is 4. The lowest BCUT2D eigenvalue weighted by Gasteiger charge is -2.33. The third kappa shape index (κ3) is 2.84.